The molecule has 2 aliphatic rings. The first kappa shape index (κ1) is 20.6. The summed E-state index contributed by atoms with van der Waals surface area (Å²) in [5.74, 6) is 0.154. The largest absolute Gasteiger partial charge is 0.348 e. The van der Waals surface area contributed by atoms with Crippen molar-refractivity contribution in [3.63, 3.8) is 0 Å². The minimum absolute atomic E-state index is 0.0984. The van der Waals surface area contributed by atoms with E-state index in [1.165, 1.54) is 20.8 Å². The van der Waals surface area contributed by atoms with Gasteiger partial charge in [-0.05, 0) is 49.4 Å². The number of hydrogen-bond acceptors (Lipinski definition) is 5. The van der Waals surface area contributed by atoms with Crippen LogP contribution in [0.25, 0.3) is 10.2 Å². The molecule has 5 rings (SSSR count). The Morgan fingerprint density at radius 2 is 1.90 bits per heavy atom. The van der Waals surface area contributed by atoms with Crippen molar-refractivity contribution in [1.29, 1.82) is 0 Å². The SMILES string of the molecule is C[C@@H](C(=O)N[C@@H]1CCCc2ccccc21)N1CCN(Cc2nc3ccccc3s2)CC1. The number of benzene rings is 2. The Labute approximate surface area is 188 Å². The first-order valence-electron chi connectivity index (χ1n) is 11.4. The minimum atomic E-state index is -0.0984. The highest BCUT2D eigenvalue weighted by Gasteiger charge is 2.29. The van der Waals surface area contributed by atoms with Gasteiger partial charge < -0.3 is 5.32 Å². The first-order chi connectivity index (χ1) is 15.2. The smallest absolute Gasteiger partial charge is 0.237 e. The fourth-order valence-corrected chi connectivity index (χ4v) is 5.86. The normalized spacial score (nSPS) is 21.0. The lowest BCUT2D eigenvalue weighted by atomic mass is 9.87. The molecule has 162 valence electrons. The van der Waals surface area contributed by atoms with E-state index >= 15 is 0 Å². The maximum atomic E-state index is 13.0. The number of carbonyl (C=O) groups is 1. The second-order valence-corrected chi connectivity index (χ2v) is 9.83. The Hall–Kier alpha value is -2.28. The summed E-state index contributed by atoms with van der Waals surface area (Å²) < 4.78 is 1.26. The van der Waals surface area contributed by atoms with Crippen molar-refractivity contribution >= 4 is 27.5 Å². The molecule has 2 heterocycles. The van der Waals surface area contributed by atoms with Crippen LogP contribution in [0, 0.1) is 0 Å². The molecule has 5 nitrogen and oxygen atoms in total. The van der Waals surface area contributed by atoms with Gasteiger partial charge >= 0.3 is 0 Å². The van der Waals surface area contributed by atoms with Crippen molar-refractivity contribution < 1.29 is 4.79 Å². The van der Waals surface area contributed by atoms with Gasteiger partial charge in [-0.1, -0.05) is 36.4 Å². The molecule has 1 aliphatic carbocycles. The maximum Gasteiger partial charge on any atom is 0.237 e. The third-order valence-electron chi connectivity index (χ3n) is 6.72. The summed E-state index contributed by atoms with van der Waals surface area (Å²) in [5, 5.41) is 4.51. The molecule has 1 N–H and O–H groups in total. The lowest BCUT2D eigenvalue weighted by molar-refractivity contribution is -0.127. The van der Waals surface area contributed by atoms with Crippen LogP contribution in [0.2, 0.25) is 0 Å². The Morgan fingerprint density at radius 3 is 2.74 bits per heavy atom. The number of aromatic nitrogens is 1. The van der Waals surface area contributed by atoms with E-state index in [-0.39, 0.29) is 18.0 Å². The second-order valence-electron chi connectivity index (χ2n) is 8.72. The summed E-state index contributed by atoms with van der Waals surface area (Å²) in [6.07, 6.45) is 3.29. The number of fused-ring (bicyclic) bond motifs is 2. The number of carbonyl (C=O) groups excluding carboxylic acids is 1. The molecule has 1 aliphatic heterocycles. The molecule has 0 unspecified atom stereocenters. The van der Waals surface area contributed by atoms with E-state index in [0.717, 1.165) is 57.5 Å². The van der Waals surface area contributed by atoms with E-state index in [1.807, 2.05) is 13.0 Å². The quantitative estimate of drug-likeness (QED) is 0.660. The van der Waals surface area contributed by atoms with Crippen molar-refractivity contribution in [3.8, 4) is 0 Å². The van der Waals surface area contributed by atoms with Gasteiger partial charge in [-0.15, -0.1) is 11.3 Å². The second kappa shape index (κ2) is 9.07. The fraction of sp³-hybridized carbons (Fsp3) is 0.440. The number of rotatable bonds is 5. The average molecular weight is 435 g/mol. The van der Waals surface area contributed by atoms with Crippen LogP contribution < -0.4 is 5.32 Å². The summed E-state index contributed by atoms with van der Waals surface area (Å²) in [6.45, 7) is 6.72. The predicted molar refractivity (Wildman–Crippen MR) is 126 cm³/mol. The molecule has 1 amide bonds. The zero-order chi connectivity index (χ0) is 21.2. The van der Waals surface area contributed by atoms with Gasteiger partial charge in [0.1, 0.15) is 5.01 Å². The van der Waals surface area contributed by atoms with E-state index in [0.29, 0.717) is 0 Å². The standard InChI is InChI=1S/C25H30N4OS/c1-18(25(30)27-21-11-6-8-19-7-2-3-9-20(19)21)29-15-13-28(14-16-29)17-24-26-22-10-4-5-12-23(22)31-24/h2-5,7,9-10,12,18,21H,6,8,11,13-17H2,1H3,(H,27,30)/t18-,21+/m0/s1. The van der Waals surface area contributed by atoms with Gasteiger partial charge in [0.25, 0.3) is 0 Å². The van der Waals surface area contributed by atoms with Crippen molar-refractivity contribution in [2.75, 3.05) is 26.2 Å². The van der Waals surface area contributed by atoms with Crippen molar-refractivity contribution in [3.05, 3.63) is 64.7 Å². The molecule has 0 bridgehead atoms. The molecule has 1 fully saturated rings. The van der Waals surface area contributed by atoms with Gasteiger partial charge in [0, 0.05) is 26.2 Å². The molecule has 31 heavy (non-hydrogen) atoms. The maximum absolute atomic E-state index is 13.0. The molecular formula is C25H30N4OS. The molecule has 2 atom stereocenters. The van der Waals surface area contributed by atoms with Gasteiger partial charge in [0.2, 0.25) is 5.91 Å². The van der Waals surface area contributed by atoms with E-state index in [9.17, 15) is 4.79 Å². The third-order valence-corrected chi connectivity index (χ3v) is 7.74. The molecule has 0 saturated carbocycles. The number of hydrogen-bond donors (Lipinski definition) is 1. The molecule has 6 heteroatoms. The monoisotopic (exact) mass is 434 g/mol. The lowest BCUT2D eigenvalue weighted by Crippen LogP contribution is -2.54. The van der Waals surface area contributed by atoms with Crippen molar-refractivity contribution in [2.45, 2.75) is 44.8 Å². The molecule has 2 aromatic carbocycles. The minimum Gasteiger partial charge on any atom is -0.348 e. The third kappa shape index (κ3) is 4.52. The zero-order valence-electron chi connectivity index (χ0n) is 18.1. The molecule has 1 aromatic heterocycles. The fourth-order valence-electron chi connectivity index (χ4n) is 4.85. The number of nitrogens with zero attached hydrogens (tertiary/aromatic N) is 3. The lowest BCUT2D eigenvalue weighted by Gasteiger charge is -2.38. The van der Waals surface area contributed by atoms with Crippen LogP contribution in [0.15, 0.2) is 48.5 Å². The summed E-state index contributed by atoms with van der Waals surface area (Å²) in [5.41, 5.74) is 3.78. The highest BCUT2D eigenvalue weighted by atomic mass is 32.1. The Balaban J connectivity index is 1.15. The molecule has 1 saturated heterocycles. The first-order valence-corrected chi connectivity index (χ1v) is 12.2. The predicted octanol–water partition coefficient (Wildman–Crippen LogP) is 4.00. The number of piperazine rings is 1. The highest BCUT2D eigenvalue weighted by molar-refractivity contribution is 7.18. The van der Waals surface area contributed by atoms with E-state index in [1.54, 1.807) is 11.3 Å². The Kier molecular flexibility index (Phi) is 6.03. The van der Waals surface area contributed by atoms with Crippen LogP contribution in [-0.2, 0) is 17.8 Å². The van der Waals surface area contributed by atoms with Gasteiger partial charge in [-0.2, -0.15) is 0 Å². The van der Waals surface area contributed by atoms with Crippen LogP contribution >= 0.6 is 11.3 Å². The molecule has 0 spiro atoms. The highest BCUT2D eigenvalue weighted by Crippen LogP contribution is 2.29. The van der Waals surface area contributed by atoms with E-state index < -0.39 is 0 Å². The van der Waals surface area contributed by atoms with Crippen LogP contribution in [0.3, 0.4) is 0 Å². The van der Waals surface area contributed by atoms with Crippen LogP contribution in [0.5, 0.6) is 0 Å². The van der Waals surface area contributed by atoms with Crippen LogP contribution in [0.1, 0.15) is 41.9 Å². The summed E-state index contributed by atoms with van der Waals surface area (Å²) in [4.78, 5) is 22.6. The number of para-hydroxylation sites is 1. The van der Waals surface area contributed by atoms with Gasteiger partial charge in [-0.3, -0.25) is 14.6 Å². The Bertz CT molecular complexity index is 1020. The van der Waals surface area contributed by atoms with Gasteiger partial charge in [0.15, 0.2) is 0 Å². The van der Waals surface area contributed by atoms with E-state index in [4.69, 9.17) is 4.98 Å². The van der Waals surface area contributed by atoms with Crippen molar-refractivity contribution in [2.24, 2.45) is 0 Å². The number of nitrogens with one attached hydrogen (secondary N) is 1. The average Bonchev–Trinajstić information content (AvgIpc) is 3.21. The molecule has 3 aromatic rings. The molecule has 0 radical (unpaired) electrons. The summed E-state index contributed by atoms with van der Waals surface area (Å²) in [6, 6.07) is 16.9. The summed E-state index contributed by atoms with van der Waals surface area (Å²) in [7, 11) is 0. The molecular weight excluding hydrogens is 404 g/mol. The summed E-state index contributed by atoms with van der Waals surface area (Å²) >= 11 is 1.79. The number of amides is 1. The number of thiazole rings is 1. The topological polar surface area (TPSA) is 48.5 Å². The van der Waals surface area contributed by atoms with Crippen LogP contribution in [0.4, 0.5) is 0 Å². The van der Waals surface area contributed by atoms with Crippen LogP contribution in [-0.4, -0.2) is 52.9 Å². The zero-order valence-corrected chi connectivity index (χ0v) is 18.9. The van der Waals surface area contributed by atoms with E-state index in [2.05, 4.69) is 57.6 Å². The van der Waals surface area contributed by atoms with Gasteiger partial charge in [-0.25, -0.2) is 4.98 Å². The number of aryl methyl sites for hydroxylation is 1. The van der Waals surface area contributed by atoms with Gasteiger partial charge in [0.05, 0.1) is 28.8 Å². The Morgan fingerprint density at radius 1 is 1.13 bits per heavy atom. The van der Waals surface area contributed by atoms with Crippen molar-refractivity contribution in [1.82, 2.24) is 20.1 Å².